The number of guanidine groups is 1. The molecule has 0 unspecified atom stereocenters. The van der Waals surface area contributed by atoms with Crippen LogP contribution in [0.5, 0.6) is 0 Å². The number of aromatic amines is 1. The molecule has 0 bridgehead atoms. The SMILES string of the molecule is CCNC(=NCC1(CCOC)CCC1)NCCc1c[nH]c2ccc(F)cc12.I. The first-order valence-corrected chi connectivity index (χ1v) is 9.92. The Balaban J connectivity index is 0.00000280. The van der Waals surface area contributed by atoms with Crippen molar-refractivity contribution < 1.29 is 9.13 Å². The summed E-state index contributed by atoms with van der Waals surface area (Å²) in [7, 11) is 1.76. The molecule has 3 rings (SSSR count). The van der Waals surface area contributed by atoms with Crippen molar-refractivity contribution in [3.05, 3.63) is 35.8 Å². The molecule has 0 amide bonds. The Morgan fingerprint density at radius 2 is 2.14 bits per heavy atom. The predicted octanol–water partition coefficient (Wildman–Crippen LogP) is 4.23. The van der Waals surface area contributed by atoms with E-state index < -0.39 is 0 Å². The molecular weight excluding hydrogens is 470 g/mol. The van der Waals surface area contributed by atoms with Crippen molar-refractivity contribution in [3.8, 4) is 0 Å². The lowest BCUT2D eigenvalue weighted by Gasteiger charge is -2.40. The maximum Gasteiger partial charge on any atom is 0.191 e. The maximum absolute atomic E-state index is 13.5. The van der Waals surface area contributed by atoms with Crippen molar-refractivity contribution in [1.82, 2.24) is 15.6 Å². The minimum Gasteiger partial charge on any atom is -0.385 e. The van der Waals surface area contributed by atoms with Crippen LogP contribution in [0.15, 0.2) is 29.4 Å². The number of benzene rings is 1. The van der Waals surface area contributed by atoms with Gasteiger partial charge in [0.25, 0.3) is 0 Å². The number of rotatable bonds is 9. The second-order valence-corrected chi connectivity index (χ2v) is 7.47. The molecule has 7 heteroatoms. The Labute approximate surface area is 183 Å². The highest BCUT2D eigenvalue weighted by atomic mass is 127. The van der Waals surface area contributed by atoms with Gasteiger partial charge in [-0.05, 0) is 61.8 Å². The number of H-pyrrole nitrogens is 1. The highest BCUT2D eigenvalue weighted by Gasteiger charge is 2.36. The first-order chi connectivity index (χ1) is 13.2. The molecule has 2 aromatic rings. The van der Waals surface area contributed by atoms with Crippen LogP contribution in [0.1, 0.15) is 38.2 Å². The number of halogens is 2. The summed E-state index contributed by atoms with van der Waals surface area (Å²) in [6.07, 6.45) is 7.61. The molecule has 5 nitrogen and oxygen atoms in total. The fourth-order valence-electron chi connectivity index (χ4n) is 3.74. The molecular formula is C21H32FIN4O. The van der Waals surface area contributed by atoms with E-state index in [1.807, 2.05) is 6.20 Å². The van der Waals surface area contributed by atoms with E-state index in [1.54, 1.807) is 19.2 Å². The number of aromatic nitrogens is 1. The molecule has 1 aromatic carbocycles. The first kappa shape index (κ1) is 22.9. The van der Waals surface area contributed by atoms with Crippen molar-refractivity contribution in [1.29, 1.82) is 0 Å². The molecule has 1 aliphatic rings. The average Bonchev–Trinajstić information content (AvgIpc) is 3.02. The summed E-state index contributed by atoms with van der Waals surface area (Å²) >= 11 is 0. The van der Waals surface area contributed by atoms with Crippen molar-refractivity contribution >= 4 is 40.8 Å². The number of aliphatic imine (C=N–C) groups is 1. The van der Waals surface area contributed by atoms with Crippen molar-refractivity contribution in [2.75, 3.05) is 33.4 Å². The van der Waals surface area contributed by atoms with Gasteiger partial charge in [0.05, 0.1) is 0 Å². The predicted molar refractivity (Wildman–Crippen MR) is 124 cm³/mol. The fourth-order valence-corrected chi connectivity index (χ4v) is 3.74. The zero-order valence-electron chi connectivity index (χ0n) is 16.8. The summed E-state index contributed by atoms with van der Waals surface area (Å²) in [4.78, 5) is 8.03. The molecule has 28 heavy (non-hydrogen) atoms. The van der Waals surface area contributed by atoms with Gasteiger partial charge in [-0.25, -0.2) is 4.39 Å². The molecule has 1 fully saturated rings. The number of hydrogen-bond acceptors (Lipinski definition) is 2. The van der Waals surface area contributed by atoms with Crippen LogP contribution in [-0.4, -0.2) is 44.3 Å². The number of nitrogens with one attached hydrogen (secondary N) is 3. The average molecular weight is 502 g/mol. The molecule has 0 aliphatic heterocycles. The topological polar surface area (TPSA) is 61.4 Å². The lowest BCUT2D eigenvalue weighted by atomic mass is 9.67. The summed E-state index contributed by atoms with van der Waals surface area (Å²) in [5.74, 6) is 0.653. The van der Waals surface area contributed by atoms with Crippen LogP contribution in [-0.2, 0) is 11.2 Å². The minimum absolute atomic E-state index is 0. The Kier molecular flexibility index (Phi) is 9.01. The summed E-state index contributed by atoms with van der Waals surface area (Å²) in [5, 5.41) is 7.69. The molecule has 0 atom stereocenters. The third-order valence-corrected chi connectivity index (χ3v) is 5.58. The van der Waals surface area contributed by atoms with Gasteiger partial charge in [0.2, 0.25) is 0 Å². The molecule has 1 saturated carbocycles. The Bertz CT molecular complexity index is 773. The van der Waals surface area contributed by atoms with E-state index in [0.29, 0.717) is 5.41 Å². The van der Waals surface area contributed by atoms with Crippen LogP contribution in [0, 0.1) is 11.2 Å². The zero-order chi connectivity index (χ0) is 19.1. The van der Waals surface area contributed by atoms with Crippen LogP contribution in [0.3, 0.4) is 0 Å². The van der Waals surface area contributed by atoms with E-state index in [-0.39, 0.29) is 29.8 Å². The van der Waals surface area contributed by atoms with Crippen LogP contribution in [0.4, 0.5) is 4.39 Å². The summed E-state index contributed by atoms with van der Waals surface area (Å²) < 4.78 is 18.8. The van der Waals surface area contributed by atoms with Gasteiger partial charge >= 0.3 is 0 Å². The zero-order valence-corrected chi connectivity index (χ0v) is 19.1. The maximum atomic E-state index is 13.5. The highest BCUT2D eigenvalue weighted by molar-refractivity contribution is 14.0. The second kappa shape index (κ2) is 11.0. The minimum atomic E-state index is -0.201. The van der Waals surface area contributed by atoms with Crippen molar-refractivity contribution in [2.45, 2.75) is 39.0 Å². The van der Waals surface area contributed by atoms with E-state index in [1.165, 1.54) is 25.3 Å². The van der Waals surface area contributed by atoms with Crippen LogP contribution in [0.2, 0.25) is 0 Å². The van der Waals surface area contributed by atoms with Gasteiger partial charge < -0.3 is 20.4 Å². The van der Waals surface area contributed by atoms with Gasteiger partial charge in [0.1, 0.15) is 5.82 Å². The van der Waals surface area contributed by atoms with E-state index in [0.717, 1.165) is 61.5 Å². The smallest absolute Gasteiger partial charge is 0.191 e. The van der Waals surface area contributed by atoms with Gasteiger partial charge in [0.15, 0.2) is 5.96 Å². The lowest BCUT2D eigenvalue weighted by Crippen LogP contribution is -2.41. The molecule has 0 spiro atoms. The van der Waals surface area contributed by atoms with Gasteiger partial charge in [-0.1, -0.05) is 6.42 Å². The summed E-state index contributed by atoms with van der Waals surface area (Å²) in [6.45, 7) is 5.29. The van der Waals surface area contributed by atoms with Gasteiger partial charge in [-0.2, -0.15) is 0 Å². The van der Waals surface area contributed by atoms with E-state index in [9.17, 15) is 4.39 Å². The van der Waals surface area contributed by atoms with Crippen LogP contribution in [0.25, 0.3) is 10.9 Å². The van der Waals surface area contributed by atoms with Crippen LogP contribution >= 0.6 is 24.0 Å². The molecule has 1 heterocycles. The van der Waals surface area contributed by atoms with Gasteiger partial charge in [-0.3, -0.25) is 4.99 Å². The molecule has 0 radical (unpaired) electrons. The third-order valence-electron chi connectivity index (χ3n) is 5.58. The Morgan fingerprint density at radius 3 is 2.82 bits per heavy atom. The monoisotopic (exact) mass is 502 g/mol. The molecule has 156 valence electrons. The third kappa shape index (κ3) is 5.83. The molecule has 1 aliphatic carbocycles. The number of ether oxygens (including phenoxy) is 1. The largest absolute Gasteiger partial charge is 0.385 e. The summed E-state index contributed by atoms with van der Waals surface area (Å²) in [5.41, 5.74) is 2.40. The van der Waals surface area contributed by atoms with Crippen LogP contribution < -0.4 is 10.6 Å². The molecule has 3 N–H and O–H groups in total. The fraction of sp³-hybridized carbons (Fsp3) is 0.571. The first-order valence-electron chi connectivity index (χ1n) is 9.92. The van der Waals surface area contributed by atoms with E-state index >= 15 is 0 Å². The quantitative estimate of drug-likeness (QED) is 0.273. The Hall–Kier alpha value is -1.35. The van der Waals surface area contributed by atoms with Crippen molar-refractivity contribution in [2.24, 2.45) is 10.4 Å². The normalized spacial score (nSPS) is 15.8. The number of nitrogens with zero attached hydrogens (tertiary/aromatic N) is 1. The number of fused-ring (bicyclic) bond motifs is 1. The number of hydrogen-bond donors (Lipinski definition) is 3. The lowest BCUT2D eigenvalue weighted by molar-refractivity contribution is 0.0778. The highest BCUT2D eigenvalue weighted by Crippen LogP contribution is 2.44. The van der Waals surface area contributed by atoms with E-state index in [2.05, 4.69) is 22.5 Å². The standard InChI is InChI=1S/C21H31FN4O.HI/c1-3-23-20(26-15-21(8-4-9-21)10-12-27-2)24-11-7-16-14-25-19-6-5-17(22)13-18(16)19;/h5-6,13-14,25H,3-4,7-12,15H2,1-2H3,(H2,23,24,26);1H. The number of methoxy groups -OCH3 is 1. The molecule has 1 aromatic heterocycles. The summed E-state index contributed by atoms with van der Waals surface area (Å²) in [6, 6.07) is 4.86. The van der Waals surface area contributed by atoms with Gasteiger partial charge in [-0.15, -0.1) is 24.0 Å². The van der Waals surface area contributed by atoms with E-state index in [4.69, 9.17) is 9.73 Å². The van der Waals surface area contributed by atoms with Gasteiger partial charge in [0, 0.05) is 50.5 Å². The van der Waals surface area contributed by atoms with Crippen molar-refractivity contribution in [3.63, 3.8) is 0 Å². The Morgan fingerprint density at radius 1 is 1.32 bits per heavy atom. The molecule has 0 saturated heterocycles. The second-order valence-electron chi connectivity index (χ2n) is 7.47.